The summed E-state index contributed by atoms with van der Waals surface area (Å²) in [7, 11) is 0. The van der Waals surface area contributed by atoms with Gasteiger partial charge in [-0.2, -0.15) is 13.2 Å². The maximum atomic E-state index is 12.4. The molecule has 1 aliphatic carbocycles. The molecule has 2 unspecified atom stereocenters. The molecule has 0 heterocycles. The van der Waals surface area contributed by atoms with Crippen LogP contribution in [0, 0.1) is 17.3 Å². The Balaban J connectivity index is 2.79. The standard InChI is InChI=1S/C8H12F4/c1-5(2)7(8(10,11)12)3-6(7)4-9/h5-6H,3-4H2,1-2H3. The van der Waals surface area contributed by atoms with Gasteiger partial charge in [-0.25, -0.2) is 0 Å². The van der Waals surface area contributed by atoms with Gasteiger partial charge < -0.3 is 0 Å². The van der Waals surface area contributed by atoms with Crippen molar-refractivity contribution in [1.82, 2.24) is 0 Å². The van der Waals surface area contributed by atoms with E-state index >= 15 is 0 Å². The smallest absolute Gasteiger partial charge is 0.251 e. The minimum atomic E-state index is -4.24. The zero-order valence-electron chi connectivity index (χ0n) is 7.08. The Morgan fingerprint density at radius 1 is 1.42 bits per heavy atom. The van der Waals surface area contributed by atoms with Crippen LogP contribution in [0.5, 0.6) is 0 Å². The Morgan fingerprint density at radius 2 is 1.92 bits per heavy atom. The summed E-state index contributed by atoms with van der Waals surface area (Å²) < 4.78 is 49.3. The van der Waals surface area contributed by atoms with Gasteiger partial charge in [-0.15, -0.1) is 0 Å². The first kappa shape index (κ1) is 9.81. The second-order valence-electron chi connectivity index (χ2n) is 3.75. The second-order valence-corrected chi connectivity index (χ2v) is 3.75. The third-order valence-corrected chi connectivity index (χ3v) is 2.90. The largest absolute Gasteiger partial charge is 0.395 e. The fourth-order valence-corrected chi connectivity index (χ4v) is 1.92. The Labute approximate surface area is 69.0 Å². The molecule has 0 bridgehead atoms. The monoisotopic (exact) mass is 184 g/mol. The summed E-state index contributed by atoms with van der Waals surface area (Å²) >= 11 is 0. The van der Waals surface area contributed by atoms with Gasteiger partial charge in [0.2, 0.25) is 0 Å². The van der Waals surface area contributed by atoms with Crippen molar-refractivity contribution in [2.45, 2.75) is 26.4 Å². The van der Waals surface area contributed by atoms with Crippen LogP contribution in [0.3, 0.4) is 0 Å². The summed E-state index contributed by atoms with van der Waals surface area (Å²) in [5, 5.41) is 0. The van der Waals surface area contributed by atoms with Crippen molar-refractivity contribution >= 4 is 0 Å². The van der Waals surface area contributed by atoms with Crippen LogP contribution in [-0.2, 0) is 0 Å². The predicted molar refractivity (Wildman–Crippen MR) is 37.4 cm³/mol. The second kappa shape index (κ2) is 2.60. The molecule has 1 fully saturated rings. The minimum Gasteiger partial charge on any atom is -0.251 e. The van der Waals surface area contributed by atoms with Gasteiger partial charge in [0.05, 0.1) is 12.1 Å². The molecule has 4 heteroatoms. The SMILES string of the molecule is CC(C)C1(C(F)(F)F)CC1CF. The molecule has 72 valence electrons. The zero-order chi connectivity index (χ0) is 9.57. The van der Waals surface area contributed by atoms with E-state index in [2.05, 4.69) is 0 Å². The molecule has 1 saturated carbocycles. The van der Waals surface area contributed by atoms with E-state index in [1.807, 2.05) is 0 Å². The lowest BCUT2D eigenvalue weighted by Gasteiger charge is -2.24. The maximum Gasteiger partial charge on any atom is 0.395 e. The highest BCUT2D eigenvalue weighted by Crippen LogP contribution is 2.66. The first-order valence-electron chi connectivity index (χ1n) is 3.99. The highest BCUT2D eigenvalue weighted by Gasteiger charge is 2.71. The topological polar surface area (TPSA) is 0 Å². The van der Waals surface area contributed by atoms with Crippen LogP contribution < -0.4 is 0 Å². The van der Waals surface area contributed by atoms with Gasteiger partial charge in [0.1, 0.15) is 0 Å². The van der Waals surface area contributed by atoms with Crippen LogP contribution in [0.25, 0.3) is 0 Å². The molecule has 0 spiro atoms. The lowest BCUT2D eigenvalue weighted by molar-refractivity contribution is -0.205. The molecule has 0 aliphatic heterocycles. The van der Waals surface area contributed by atoms with Crippen molar-refractivity contribution in [1.29, 1.82) is 0 Å². The highest BCUT2D eigenvalue weighted by molar-refractivity contribution is 5.08. The molecule has 0 nitrogen and oxygen atoms in total. The van der Waals surface area contributed by atoms with Gasteiger partial charge >= 0.3 is 6.18 Å². The molecule has 0 radical (unpaired) electrons. The zero-order valence-corrected chi connectivity index (χ0v) is 7.08. The lowest BCUT2D eigenvalue weighted by Crippen LogP contribution is -2.32. The Kier molecular flexibility index (Phi) is 2.13. The Morgan fingerprint density at radius 3 is 2.00 bits per heavy atom. The number of rotatable bonds is 2. The van der Waals surface area contributed by atoms with Crippen molar-refractivity contribution in [3.8, 4) is 0 Å². The van der Waals surface area contributed by atoms with Crippen LogP contribution in [-0.4, -0.2) is 12.9 Å². The van der Waals surface area contributed by atoms with Gasteiger partial charge in [0.15, 0.2) is 0 Å². The summed E-state index contributed by atoms with van der Waals surface area (Å²) in [6.45, 7) is 2.16. The number of halogens is 4. The van der Waals surface area contributed by atoms with E-state index in [-0.39, 0.29) is 6.42 Å². The van der Waals surface area contributed by atoms with E-state index in [4.69, 9.17) is 0 Å². The molecular formula is C8H12F4. The Hall–Kier alpha value is -0.280. The van der Waals surface area contributed by atoms with E-state index < -0.39 is 30.1 Å². The van der Waals surface area contributed by atoms with Crippen LogP contribution in [0.4, 0.5) is 17.6 Å². The molecule has 0 saturated heterocycles. The van der Waals surface area contributed by atoms with Crippen molar-refractivity contribution in [3.05, 3.63) is 0 Å². The maximum absolute atomic E-state index is 12.4. The molecule has 0 aromatic rings. The van der Waals surface area contributed by atoms with Crippen LogP contribution >= 0.6 is 0 Å². The number of alkyl halides is 4. The fraction of sp³-hybridized carbons (Fsp3) is 1.00. The molecular weight excluding hydrogens is 172 g/mol. The summed E-state index contributed by atoms with van der Waals surface area (Å²) in [6.07, 6.45) is -4.28. The van der Waals surface area contributed by atoms with Gasteiger partial charge in [-0.3, -0.25) is 4.39 Å². The van der Waals surface area contributed by atoms with Gasteiger partial charge in [0, 0.05) is 5.92 Å². The summed E-state index contributed by atoms with van der Waals surface area (Å²) in [5.74, 6) is -1.31. The molecule has 2 atom stereocenters. The van der Waals surface area contributed by atoms with E-state index in [0.717, 1.165) is 0 Å². The average molecular weight is 184 g/mol. The molecule has 1 aliphatic rings. The van der Waals surface area contributed by atoms with Crippen molar-refractivity contribution in [2.75, 3.05) is 6.67 Å². The molecule has 1 rings (SSSR count). The van der Waals surface area contributed by atoms with Crippen molar-refractivity contribution < 1.29 is 17.6 Å². The van der Waals surface area contributed by atoms with Crippen molar-refractivity contribution in [2.24, 2.45) is 17.3 Å². The first-order valence-corrected chi connectivity index (χ1v) is 3.99. The molecule has 0 N–H and O–H groups in total. The van der Waals surface area contributed by atoms with Gasteiger partial charge in [-0.05, 0) is 12.3 Å². The van der Waals surface area contributed by atoms with Crippen molar-refractivity contribution in [3.63, 3.8) is 0 Å². The first-order chi connectivity index (χ1) is 5.36. The van der Waals surface area contributed by atoms with E-state index in [0.29, 0.717) is 0 Å². The predicted octanol–water partition coefficient (Wildman–Crippen LogP) is 3.18. The molecule has 0 aromatic heterocycles. The molecule has 12 heavy (non-hydrogen) atoms. The minimum absolute atomic E-state index is 0.0370. The lowest BCUT2D eigenvalue weighted by atomic mass is 9.89. The highest BCUT2D eigenvalue weighted by atomic mass is 19.4. The fourth-order valence-electron chi connectivity index (χ4n) is 1.92. The van der Waals surface area contributed by atoms with Crippen LogP contribution in [0.15, 0.2) is 0 Å². The summed E-state index contributed by atoms with van der Waals surface area (Å²) in [5.41, 5.74) is -1.72. The summed E-state index contributed by atoms with van der Waals surface area (Å²) in [4.78, 5) is 0. The normalized spacial score (nSPS) is 35.8. The van der Waals surface area contributed by atoms with Crippen LogP contribution in [0.2, 0.25) is 0 Å². The Bertz CT molecular complexity index is 172. The van der Waals surface area contributed by atoms with E-state index in [1.54, 1.807) is 0 Å². The van der Waals surface area contributed by atoms with Gasteiger partial charge in [0.25, 0.3) is 0 Å². The average Bonchev–Trinajstić information content (AvgIpc) is 2.59. The molecule has 0 amide bonds. The van der Waals surface area contributed by atoms with Gasteiger partial charge in [-0.1, -0.05) is 13.8 Å². The number of hydrogen-bond donors (Lipinski definition) is 0. The van der Waals surface area contributed by atoms with E-state index in [9.17, 15) is 17.6 Å². The quantitative estimate of drug-likeness (QED) is 0.578. The third kappa shape index (κ3) is 1.12. The van der Waals surface area contributed by atoms with Crippen LogP contribution in [0.1, 0.15) is 20.3 Å². The summed E-state index contributed by atoms with van der Waals surface area (Å²) in [6, 6.07) is 0. The number of hydrogen-bond acceptors (Lipinski definition) is 0. The third-order valence-electron chi connectivity index (χ3n) is 2.90. The molecule has 0 aromatic carbocycles. The van der Waals surface area contributed by atoms with E-state index in [1.165, 1.54) is 13.8 Å².